The highest BCUT2D eigenvalue weighted by atomic mass is 16.5. The lowest BCUT2D eigenvalue weighted by atomic mass is 10.2. The fourth-order valence-corrected chi connectivity index (χ4v) is 1.85. The summed E-state index contributed by atoms with van der Waals surface area (Å²) in [5, 5.41) is 0. The highest BCUT2D eigenvalue weighted by Crippen LogP contribution is 2.27. The van der Waals surface area contributed by atoms with Gasteiger partial charge in [-0.1, -0.05) is 0 Å². The molecule has 0 radical (unpaired) electrons. The predicted molar refractivity (Wildman–Crippen MR) is 68.4 cm³/mol. The van der Waals surface area contributed by atoms with Gasteiger partial charge in [-0.2, -0.15) is 0 Å². The average molecular weight is 240 g/mol. The highest BCUT2D eigenvalue weighted by Gasteiger charge is 2.10. The summed E-state index contributed by atoms with van der Waals surface area (Å²) >= 11 is 0. The Morgan fingerprint density at radius 3 is 2.89 bits per heavy atom. The Balaban J connectivity index is 2.19. The van der Waals surface area contributed by atoms with Crippen molar-refractivity contribution < 1.29 is 4.74 Å². The molecule has 0 aliphatic carbocycles. The number of H-pyrrole nitrogens is 1. The van der Waals surface area contributed by atoms with E-state index in [1.807, 2.05) is 25.1 Å². The molecule has 0 fully saturated rings. The molecule has 0 bridgehead atoms. The molecular formula is C13H12N4O. The normalized spacial score (nSPS) is 10.8. The monoisotopic (exact) mass is 240 g/mol. The maximum absolute atomic E-state index is 5.28. The quantitative estimate of drug-likeness (QED) is 0.746. The molecular weight excluding hydrogens is 228 g/mol. The van der Waals surface area contributed by atoms with Crippen LogP contribution in [0.5, 0.6) is 5.75 Å². The third-order valence-electron chi connectivity index (χ3n) is 2.74. The summed E-state index contributed by atoms with van der Waals surface area (Å²) in [6, 6.07) is 5.79. The van der Waals surface area contributed by atoms with Gasteiger partial charge in [0.05, 0.1) is 24.4 Å². The van der Waals surface area contributed by atoms with E-state index < -0.39 is 0 Å². The highest BCUT2D eigenvalue weighted by molar-refractivity contribution is 5.77. The molecule has 0 amide bonds. The third kappa shape index (κ3) is 1.69. The minimum absolute atomic E-state index is 0.688. The van der Waals surface area contributed by atoms with Crippen molar-refractivity contribution in [3.05, 3.63) is 36.3 Å². The molecule has 90 valence electrons. The maximum atomic E-state index is 5.28. The van der Waals surface area contributed by atoms with Crippen LogP contribution in [0.2, 0.25) is 0 Å². The average Bonchev–Trinajstić information content (AvgIpc) is 2.81. The summed E-state index contributed by atoms with van der Waals surface area (Å²) in [4.78, 5) is 16.1. The number of fused-ring (bicyclic) bond motifs is 1. The number of aromatic amines is 1. The summed E-state index contributed by atoms with van der Waals surface area (Å²) in [7, 11) is 1.62. The summed E-state index contributed by atoms with van der Waals surface area (Å²) in [5.74, 6) is 1.43. The van der Waals surface area contributed by atoms with Crippen molar-refractivity contribution in [3.63, 3.8) is 0 Å². The van der Waals surface area contributed by atoms with E-state index in [0.717, 1.165) is 22.6 Å². The van der Waals surface area contributed by atoms with Gasteiger partial charge in [-0.25, -0.2) is 9.97 Å². The fraction of sp³-hybridized carbons (Fsp3) is 0.154. The zero-order valence-corrected chi connectivity index (χ0v) is 10.1. The fourth-order valence-electron chi connectivity index (χ4n) is 1.85. The zero-order valence-electron chi connectivity index (χ0n) is 10.1. The smallest absolute Gasteiger partial charge is 0.178 e. The summed E-state index contributed by atoms with van der Waals surface area (Å²) in [5.41, 5.74) is 3.45. The van der Waals surface area contributed by atoms with Crippen molar-refractivity contribution in [1.29, 1.82) is 0 Å². The Kier molecular flexibility index (Phi) is 2.44. The number of rotatable bonds is 2. The Hall–Kier alpha value is -2.43. The number of ether oxygens (including phenoxy) is 1. The molecule has 0 saturated carbocycles. The number of aryl methyl sites for hydroxylation is 1. The van der Waals surface area contributed by atoms with Gasteiger partial charge in [0.1, 0.15) is 11.6 Å². The van der Waals surface area contributed by atoms with Gasteiger partial charge >= 0.3 is 0 Å². The third-order valence-corrected chi connectivity index (χ3v) is 2.74. The van der Waals surface area contributed by atoms with Crippen LogP contribution in [0.25, 0.3) is 22.6 Å². The van der Waals surface area contributed by atoms with Gasteiger partial charge in [0, 0.05) is 11.9 Å². The molecule has 5 nitrogen and oxygen atoms in total. The van der Waals surface area contributed by atoms with Gasteiger partial charge in [0.15, 0.2) is 5.65 Å². The van der Waals surface area contributed by atoms with Crippen LogP contribution < -0.4 is 4.74 Å². The van der Waals surface area contributed by atoms with Crippen LogP contribution in [0.3, 0.4) is 0 Å². The Morgan fingerprint density at radius 2 is 2.06 bits per heavy atom. The molecule has 3 rings (SSSR count). The predicted octanol–water partition coefficient (Wildman–Crippen LogP) is 2.34. The molecule has 3 aromatic heterocycles. The zero-order chi connectivity index (χ0) is 12.5. The first-order valence-corrected chi connectivity index (χ1v) is 5.59. The molecule has 0 aromatic carbocycles. The van der Waals surface area contributed by atoms with E-state index in [9.17, 15) is 0 Å². The van der Waals surface area contributed by atoms with Gasteiger partial charge in [0.25, 0.3) is 0 Å². The van der Waals surface area contributed by atoms with E-state index >= 15 is 0 Å². The molecule has 3 aromatic rings. The number of hydrogen-bond donors (Lipinski definition) is 1. The largest absolute Gasteiger partial charge is 0.494 e. The number of hydrogen-bond acceptors (Lipinski definition) is 4. The number of aromatic nitrogens is 4. The first-order valence-electron chi connectivity index (χ1n) is 5.59. The van der Waals surface area contributed by atoms with Crippen molar-refractivity contribution in [2.24, 2.45) is 0 Å². The van der Waals surface area contributed by atoms with Crippen LogP contribution in [0.15, 0.2) is 30.6 Å². The first kappa shape index (κ1) is 10.7. The molecule has 0 saturated heterocycles. The van der Waals surface area contributed by atoms with Gasteiger partial charge in [-0.15, -0.1) is 0 Å². The summed E-state index contributed by atoms with van der Waals surface area (Å²) in [6.07, 6.45) is 3.38. The van der Waals surface area contributed by atoms with Crippen molar-refractivity contribution in [2.75, 3.05) is 7.11 Å². The van der Waals surface area contributed by atoms with Crippen LogP contribution in [0.1, 0.15) is 5.69 Å². The van der Waals surface area contributed by atoms with E-state index in [0.29, 0.717) is 11.4 Å². The molecule has 0 aliphatic rings. The van der Waals surface area contributed by atoms with Crippen LogP contribution in [-0.2, 0) is 0 Å². The topological polar surface area (TPSA) is 63.7 Å². The lowest BCUT2D eigenvalue weighted by Crippen LogP contribution is -1.90. The van der Waals surface area contributed by atoms with Gasteiger partial charge in [-0.3, -0.25) is 4.98 Å². The molecule has 3 heterocycles. The number of imidazole rings is 1. The SMILES string of the molecule is COc1cnccc1-c1nc2nc(C)ccc2[nH]1. The van der Waals surface area contributed by atoms with E-state index in [1.54, 1.807) is 19.5 Å². The molecule has 5 heteroatoms. The molecule has 0 spiro atoms. The van der Waals surface area contributed by atoms with Crippen molar-refractivity contribution in [3.8, 4) is 17.1 Å². The molecule has 18 heavy (non-hydrogen) atoms. The molecule has 0 aliphatic heterocycles. The van der Waals surface area contributed by atoms with Crippen molar-refractivity contribution in [1.82, 2.24) is 19.9 Å². The lowest BCUT2D eigenvalue weighted by Gasteiger charge is -2.03. The van der Waals surface area contributed by atoms with E-state index in [4.69, 9.17) is 4.74 Å². The van der Waals surface area contributed by atoms with Gasteiger partial charge < -0.3 is 9.72 Å². The summed E-state index contributed by atoms with van der Waals surface area (Å²) in [6.45, 7) is 1.95. The van der Waals surface area contributed by atoms with Gasteiger partial charge in [-0.05, 0) is 25.1 Å². The lowest BCUT2D eigenvalue weighted by molar-refractivity contribution is 0.414. The molecule has 0 atom stereocenters. The minimum atomic E-state index is 0.688. The van der Waals surface area contributed by atoms with Crippen LogP contribution >= 0.6 is 0 Å². The van der Waals surface area contributed by atoms with Crippen molar-refractivity contribution >= 4 is 11.2 Å². The number of nitrogens with zero attached hydrogens (tertiary/aromatic N) is 3. The minimum Gasteiger partial charge on any atom is -0.494 e. The van der Waals surface area contributed by atoms with Crippen LogP contribution in [0.4, 0.5) is 0 Å². The second-order valence-electron chi connectivity index (χ2n) is 3.99. The first-order chi connectivity index (χ1) is 8.78. The Morgan fingerprint density at radius 1 is 1.17 bits per heavy atom. The number of pyridine rings is 2. The van der Waals surface area contributed by atoms with E-state index in [1.165, 1.54) is 0 Å². The standard InChI is InChI=1S/C13H12N4O/c1-8-3-4-10-13(15-8)17-12(16-10)9-5-6-14-7-11(9)18-2/h3-7H,1-2H3,(H,15,16,17). The maximum Gasteiger partial charge on any atom is 0.178 e. The number of nitrogens with one attached hydrogen (secondary N) is 1. The van der Waals surface area contributed by atoms with Crippen LogP contribution in [0, 0.1) is 6.92 Å². The molecule has 1 N–H and O–H groups in total. The molecule has 0 unspecified atom stereocenters. The van der Waals surface area contributed by atoms with Crippen LogP contribution in [-0.4, -0.2) is 27.0 Å². The second-order valence-corrected chi connectivity index (χ2v) is 3.99. The van der Waals surface area contributed by atoms with Gasteiger partial charge in [0.2, 0.25) is 0 Å². The second kappa shape index (κ2) is 4.10. The number of methoxy groups -OCH3 is 1. The summed E-state index contributed by atoms with van der Waals surface area (Å²) < 4.78 is 5.28. The van der Waals surface area contributed by atoms with Crippen molar-refractivity contribution in [2.45, 2.75) is 6.92 Å². The Bertz CT molecular complexity index is 705. The Labute approximate surface area is 104 Å². The van der Waals surface area contributed by atoms with E-state index in [-0.39, 0.29) is 0 Å². The van der Waals surface area contributed by atoms with E-state index in [2.05, 4.69) is 19.9 Å².